The fourth-order valence-corrected chi connectivity index (χ4v) is 11.4. The highest BCUT2D eigenvalue weighted by molar-refractivity contribution is 6.17. The predicted octanol–water partition coefficient (Wildman–Crippen LogP) is 15.2. The molecule has 0 spiro atoms. The van der Waals surface area contributed by atoms with E-state index >= 15 is 0 Å². The summed E-state index contributed by atoms with van der Waals surface area (Å²) in [4.78, 5) is 9.81. The van der Waals surface area contributed by atoms with Crippen LogP contribution in [0.15, 0.2) is 158 Å². The monoisotopic (exact) mass is 872 g/mol. The summed E-state index contributed by atoms with van der Waals surface area (Å²) in [5.41, 5.74) is 35.3. The number of rotatable bonds is 8. The average molecular weight is 873 g/mol. The summed E-state index contributed by atoms with van der Waals surface area (Å²) in [6, 6.07) is 27.1. The zero-order chi connectivity index (χ0) is 46.2. The summed E-state index contributed by atoms with van der Waals surface area (Å²) in [6.07, 6.45) is 29.1. The molecule has 0 fully saturated rings. The minimum absolute atomic E-state index is 0.172. The summed E-state index contributed by atoms with van der Waals surface area (Å²) in [6.45, 7) is 18.1. The maximum Gasteiger partial charge on any atom is 0.0709 e. The van der Waals surface area contributed by atoms with Crippen molar-refractivity contribution in [3.05, 3.63) is 197 Å². The Hall–Kier alpha value is -7.70. The van der Waals surface area contributed by atoms with Crippen LogP contribution >= 0.6 is 0 Å². The van der Waals surface area contributed by atoms with E-state index in [1.165, 1.54) is 77.0 Å². The first-order valence-electron chi connectivity index (χ1n) is 23.7. The predicted molar refractivity (Wildman–Crippen MR) is 285 cm³/mol. The molecule has 0 saturated heterocycles. The van der Waals surface area contributed by atoms with E-state index in [0.717, 1.165) is 57.1 Å². The van der Waals surface area contributed by atoms with Gasteiger partial charge in [0.1, 0.15) is 0 Å². The van der Waals surface area contributed by atoms with Crippen molar-refractivity contribution in [2.24, 2.45) is 11.5 Å². The molecule has 6 heteroatoms. The van der Waals surface area contributed by atoms with Gasteiger partial charge in [-0.3, -0.25) is 4.98 Å². The summed E-state index contributed by atoms with van der Waals surface area (Å²) in [5.74, 6) is 0.880. The summed E-state index contributed by atoms with van der Waals surface area (Å²) < 4.78 is 4.96. The zero-order valence-electron chi connectivity index (χ0n) is 39.2. The van der Waals surface area contributed by atoms with E-state index in [2.05, 4.69) is 171 Å². The second kappa shape index (κ2) is 16.3. The normalized spacial score (nSPS) is 19.9. The van der Waals surface area contributed by atoms with Crippen molar-refractivity contribution in [1.29, 1.82) is 0 Å². The van der Waals surface area contributed by atoms with Gasteiger partial charge in [-0.05, 0) is 179 Å². The first-order chi connectivity index (χ1) is 32.6. The van der Waals surface area contributed by atoms with Gasteiger partial charge in [0.25, 0.3) is 0 Å². The SMILES string of the molecule is C=Cc1ccc(-c2ccc3c(c2)c2cc4c5c(c2n3/C(C)=C/C=C\N)C(C)C(C)c2c-5c(cc3c5cc(/C(N)=C/C=C6/C=CC=CC6)ccc5n(-c5cccnc5)c23)C(C)C4C)nc1/C=C\C. The quantitative estimate of drug-likeness (QED) is 0.149. The van der Waals surface area contributed by atoms with Gasteiger partial charge >= 0.3 is 0 Å². The summed E-state index contributed by atoms with van der Waals surface area (Å²) in [5, 5.41) is 4.94. The van der Waals surface area contributed by atoms with Gasteiger partial charge in [0.05, 0.1) is 45.3 Å². The second-order valence-corrected chi connectivity index (χ2v) is 18.7. The minimum atomic E-state index is 0.172. The van der Waals surface area contributed by atoms with Crippen LogP contribution in [0.1, 0.15) is 111 Å². The molecular weight excluding hydrogens is 817 g/mol. The number of pyridine rings is 2. The molecule has 0 amide bonds. The van der Waals surface area contributed by atoms with E-state index in [9.17, 15) is 0 Å². The molecule has 4 heterocycles. The molecule has 0 bridgehead atoms. The van der Waals surface area contributed by atoms with Crippen LogP contribution in [-0.2, 0) is 0 Å². The number of aromatic nitrogens is 4. The number of benzene rings is 4. The third kappa shape index (κ3) is 6.45. The Morgan fingerprint density at radius 2 is 1.52 bits per heavy atom. The summed E-state index contributed by atoms with van der Waals surface area (Å²) in [7, 11) is 0. The van der Waals surface area contributed by atoms with E-state index < -0.39 is 0 Å². The van der Waals surface area contributed by atoms with Gasteiger partial charge in [-0.15, -0.1) is 0 Å². The highest BCUT2D eigenvalue weighted by Gasteiger charge is 2.42. The molecule has 3 aliphatic rings. The third-order valence-electron chi connectivity index (χ3n) is 15.1. The fourth-order valence-electron chi connectivity index (χ4n) is 11.4. The zero-order valence-corrected chi connectivity index (χ0v) is 39.2. The number of allylic oxidation sites excluding steroid dienone is 11. The van der Waals surface area contributed by atoms with Gasteiger partial charge in [0.2, 0.25) is 0 Å². The van der Waals surface area contributed by atoms with Crippen molar-refractivity contribution in [3.63, 3.8) is 0 Å². The van der Waals surface area contributed by atoms with Crippen LogP contribution in [0.2, 0.25) is 0 Å². The Labute approximate surface area is 393 Å². The van der Waals surface area contributed by atoms with E-state index in [-0.39, 0.29) is 23.7 Å². The van der Waals surface area contributed by atoms with Gasteiger partial charge in [-0.25, -0.2) is 4.98 Å². The number of nitrogens with two attached hydrogens (primary N) is 2. The van der Waals surface area contributed by atoms with Crippen LogP contribution in [0.25, 0.3) is 95.2 Å². The fraction of sp³-hybridized carbons (Fsp3) is 0.180. The van der Waals surface area contributed by atoms with Gasteiger partial charge in [0, 0.05) is 44.7 Å². The number of fused-ring (bicyclic) bond motifs is 8. The number of hydrogen-bond donors (Lipinski definition) is 2. The van der Waals surface area contributed by atoms with Crippen molar-refractivity contribution in [1.82, 2.24) is 19.1 Å². The molecule has 6 nitrogen and oxygen atoms in total. The molecule has 4 aromatic carbocycles. The maximum absolute atomic E-state index is 6.91. The van der Waals surface area contributed by atoms with Crippen LogP contribution in [0.3, 0.4) is 0 Å². The molecule has 4 N–H and O–H groups in total. The molecular formula is C61H56N6. The minimum Gasteiger partial charge on any atom is -0.405 e. The van der Waals surface area contributed by atoms with E-state index in [4.69, 9.17) is 16.5 Å². The largest absolute Gasteiger partial charge is 0.405 e. The lowest BCUT2D eigenvalue weighted by Gasteiger charge is -2.42. The molecule has 4 unspecified atom stereocenters. The van der Waals surface area contributed by atoms with Crippen LogP contribution in [0, 0.1) is 0 Å². The molecule has 0 saturated carbocycles. The average Bonchev–Trinajstić information content (AvgIpc) is 3.87. The topological polar surface area (TPSA) is 87.7 Å². The standard InChI is InChI=1S/C61H56N6/c1-8-15-52-41(9-2)21-25-53(65-52)43-23-27-54-48(31-43)49-32-45-36(4)37(5)46-33-50-47-30-42(51(63)24-20-40-17-11-10-12-18-40)22-26-55(47)67(44-19-14-29-64-34-44)61(50)57-39(7)38(6)56(58(45)59(46)57)60(49)66(54)35(3)16-13-28-62/h8-17,19-34,36-39H,2,18,62-63H2,1,3-7H3/b15-8-,28-13-,35-16+,40-20-,51-24-. The molecule has 4 aromatic heterocycles. The third-order valence-corrected chi connectivity index (χ3v) is 15.1. The molecule has 330 valence electrons. The smallest absolute Gasteiger partial charge is 0.0709 e. The number of nitrogens with zero attached hydrogens (tertiary/aromatic N) is 4. The lowest BCUT2D eigenvalue weighted by molar-refractivity contribution is 0.584. The van der Waals surface area contributed by atoms with Gasteiger partial charge in [0.15, 0.2) is 0 Å². The lowest BCUT2D eigenvalue weighted by atomic mass is 9.62. The maximum atomic E-state index is 6.91. The molecule has 0 radical (unpaired) electrons. The van der Waals surface area contributed by atoms with Gasteiger partial charge < -0.3 is 20.6 Å². The summed E-state index contributed by atoms with van der Waals surface area (Å²) >= 11 is 0. The van der Waals surface area contributed by atoms with Crippen LogP contribution in [0.5, 0.6) is 0 Å². The van der Waals surface area contributed by atoms with Crippen molar-refractivity contribution in [2.75, 3.05) is 0 Å². The van der Waals surface area contributed by atoms with E-state index in [1.807, 2.05) is 43.6 Å². The molecule has 8 aromatic rings. The van der Waals surface area contributed by atoms with Crippen molar-refractivity contribution < 1.29 is 0 Å². The van der Waals surface area contributed by atoms with Crippen molar-refractivity contribution >= 4 is 67.2 Å². The highest BCUT2D eigenvalue weighted by Crippen LogP contribution is 2.61. The molecule has 4 atom stereocenters. The molecule has 11 rings (SSSR count). The molecule has 3 aliphatic carbocycles. The van der Waals surface area contributed by atoms with Crippen molar-refractivity contribution in [2.45, 2.75) is 71.6 Å². The first kappa shape index (κ1) is 42.0. The van der Waals surface area contributed by atoms with Gasteiger partial charge in [-0.1, -0.05) is 95.0 Å². The van der Waals surface area contributed by atoms with E-state index in [1.54, 1.807) is 6.20 Å². The number of hydrogen-bond acceptors (Lipinski definition) is 4. The van der Waals surface area contributed by atoms with Crippen LogP contribution < -0.4 is 11.5 Å². The Bertz CT molecular complexity index is 3620. The second-order valence-electron chi connectivity index (χ2n) is 18.7. The Morgan fingerprint density at radius 3 is 2.21 bits per heavy atom. The Kier molecular flexibility index (Phi) is 10.2. The van der Waals surface area contributed by atoms with E-state index in [0.29, 0.717) is 0 Å². The van der Waals surface area contributed by atoms with Crippen LogP contribution in [-0.4, -0.2) is 19.1 Å². The first-order valence-corrected chi connectivity index (χ1v) is 23.7. The highest BCUT2D eigenvalue weighted by atomic mass is 15.0. The van der Waals surface area contributed by atoms with Gasteiger partial charge in [-0.2, -0.15) is 0 Å². The van der Waals surface area contributed by atoms with Crippen LogP contribution in [0.4, 0.5) is 0 Å². The van der Waals surface area contributed by atoms with Crippen molar-refractivity contribution in [3.8, 4) is 28.1 Å². The molecule has 67 heavy (non-hydrogen) atoms. The lowest BCUT2D eigenvalue weighted by Crippen LogP contribution is -2.24. The Balaban J connectivity index is 1.22. The Morgan fingerprint density at radius 1 is 0.791 bits per heavy atom. The molecule has 0 aliphatic heterocycles.